The van der Waals surface area contributed by atoms with Crippen molar-refractivity contribution < 1.29 is 24.6 Å². The van der Waals surface area contributed by atoms with Crippen LogP contribution in [0.5, 0.6) is 0 Å². The lowest BCUT2D eigenvalue weighted by atomic mass is 9.72. The maximum atomic E-state index is 11.9. The van der Waals surface area contributed by atoms with Crippen LogP contribution < -0.4 is 5.32 Å². The number of nitrogens with zero attached hydrogens (tertiary/aromatic N) is 1. The van der Waals surface area contributed by atoms with Gasteiger partial charge in [0.25, 0.3) is 11.8 Å². The molecule has 0 aliphatic carbocycles. The molecule has 0 aromatic carbocycles. The number of amides is 3. The third kappa shape index (κ3) is 4.87. The maximum Gasteiger partial charge on any atom is 0.253 e. The highest BCUT2D eigenvalue weighted by Gasteiger charge is 2.39. The van der Waals surface area contributed by atoms with E-state index in [2.05, 4.69) is 5.32 Å². The van der Waals surface area contributed by atoms with Crippen molar-refractivity contribution in [1.82, 2.24) is 10.2 Å². The van der Waals surface area contributed by atoms with Crippen LogP contribution in [0.4, 0.5) is 0 Å². The van der Waals surface area contributed by atoms with E-state index < -0.39 is 28.7 Å². The minimum Gasteiger partial charge on any atom is -0.396 e. The van der Waals surface area contributed by atoms with E-state index in [0.29, 0.717) is 0 Å². The number of rotatable bonds is 8. The first-order chi connectivity index (χ1) is 10.5. The molecule has 0 saturated carbocycles. The maximum absolute atomic E-state index is 11.9. The lowest BCUT2D eigenvalue weighted by Gasteiger charge is -2.40. The van der Waals surface area contributed by atoms with Gasteiger partial charge in [0.05, 0.1) is 12.7 Å². The monoisotopic (exact) mass is 326 g/mol. The van der Waals surface area contributed by atoms with Gasteiger partial charge in [0.2, 0.25) is 5.91 Å². The second-order valence-corrected chi connectivity index (χ2v) is 7.23. The van der Waals surface area contributed by atoms with E-state index in [1.807, 2.05) is 0 Å². The summed E-state index contributed by atoms with van der Waals surface area (Å²) in [6.07, 6.45) is 1.55. The van der Waals surface area contributed by atoms with Gasteiger partial charge in [0, 0.05) is 42.5 Å². The standard InChI is InChI=1S/C16H26N2O5/c1-15(2,14(23)16(3,4)10-19)9-17-11(20)7-8-18-12(21)5-6-13(18)22/h5-6,14,19,23H,7-10H2,1-4H3,(H,17,20). The van der Waals surface area contributed by atoms with E-state index in [1.165, 1.54) is 12.2 Å². The Hall–Kier alpha value is -1.73. The zero-order valence-corrected chi connectivity index (χ0v) is 14.1. The second kappa shape index (κ2) is 7.23. The van der Waals surface area contributed by atoms with Crippen molar-refractivity contribution >= 4 is 17.7 Å². The molecule has 3 N–H and O–H groups in total. The molecular weight excluding hydrogens is 300 g/mol. The van der Waals surface area contributed by atoms with Crippen molar-refractivity contribution in [3.63, 3.8) is 0 Å². The third-order valence-electron chi connectivity index (χ3n) is 4.09. The summed E-state index contributed by atoms with van der Waals surface area (Å²) in [6.45, 7) is 7.17. The average molecular weight is 326 g/mol. The summed E-state index contributed by atoms with van der Waals surface area (Å²) in [5.74, 6) is -1.13. The number of aliphatic hydroxyl groups excluding tert-OH is 2. The van der Waals surface area contributed by atoms with Crippen LogP contribution in [0.3, 0.4) is 0 Å². The number of carbonyl (C=O) groups excluding carboxylic acids is 3. The molecule has 1 aliphatic rings. The smallest absolute Gasteiger partial charge is 0.253 e. The van der Waals surface area contributed by atoms with Gasteiger partial charge >= 0.3 is 0 Å². The SMILES string of the molecule is CC(C)(CO)C(O)C(C)(C)CNC(=O)CCN1C(=O)C=CC1=O. The molecule has 1 unspecified atom stereocenters. The van der Waals surface area contributed by atoms with E-state index >= 15 is 0 Å². The number of hydrogen-bond acceptors (Lipinski definition) is 5. The molecule has 0 radical (unpaired) electrons. The third-order valence-corrected chi connectivity index (χ3v) is 4.09. The van der Waals surface area contributed by atoms with Gasteiger partial charge in [-0.15, -0.1) is 0 Å². The first kappa shape index (κ1) is 19.3. The van der Waals surface area contributed by atoms with Crippen LogP contribution >= 0.6 is 0 Å². The Morgan fingerprint density at radius 3 is 2.17 bits per heavy atom. The Kier molecular flexibility index (Phi) is 6.07. The Labute approximate surface area is 136 Å². The van der Waals surface area contributed by atoms with Crippen molar-refractivity contribution in [2.45, 2.75) is 40.2 Å². The number of nitrogens with one attached hydrogen (secondary N) is 1. The van der Waals surface area contributed by atoms with Gasteiger partial charge in [-0.1, -0.05) is 27.7 Å². The average Bonchev–Trinajstić information content (AvgIpc) is 2.81. The largest absolute Gasteiger partial charge is 0.396 e. The van der Waals surface area contributed by atoms with Crippen LogP contribution in [0.25, 0.3) is 0 Å². The first-order valence-electron chi connectivity index (χ1n) is 7.60. The fourth-order valence-corrected chi connectivity index (χ4v) is 2.52. The van der Waals surface area contributed by atoms with Crippen molar-refractivity contribution in [3.8, 4) is 0 Å². The lowest BCUT2D eigenvalue weighted by molar-refractivity contribution is -0.137. The summed E-state index contributed by atoms with van der Waals surface area (Å²) in [6, 6.07) is 0. The van der Waals surface area contributed by atoms with E-state index in [4.69, 9.17) is 0 Å². The summed E-state index contributed by atoms with van der Waals surface area (Å²) in [4.78, 5) is 35.7. The van der Waals surface area contributed by atoms with Crippen LogP contribution in [0.2, 0.25) is 0 Å². The van der Waals surface area contributed by atoms with E-state index in [1.54, 1.807) is 27.7 Å². The summed E-state index contributed by atoms with van der Waals surface area (Å²) in [7, 11) is 0. The molecule has 0 bridgehead atoms. The van der Waals surface area contributed by atoms with E-state index in [9.17, 15) is 24.6 Å². The fraction of sp³-hybridized carbons (Fsp3) is 0.688. The van der Waals surface area contributed by atoms with Gasteiger partial charge in [-0.2, -0.15) is 0 Å². The second-order valence-electron chi connectivity index (χ2n) is 7.23. The highest BCUT2D eigenvalue weighted by molar-refractivity contribution is 6.13. The van der Waals surface area contributed by atoms with Crippen molar-refractivity contribution in [2.24, 2.45) is 10.8 Å². The fourth-order valence-electron chi connectivity index (χ4n) is 2.52. The zero-order chi connectivity index (χ0) is 17.8. The van der Waals surface area contributed by atoms with Crippen LogP contribution in [-0.2, 0) is 14.4 Å². The van der Waals surface area contributed by atoms with Crippen LogP contribution in [0.1, 0.15) is 34.1 Å². The number of carbonyl (C=O) groups is 3. The van der Waals surface area contributed by atoms with Crippen molar-refractivity contribution in [2.75, 3.05) is 19.7 Å². The Morgan fingerprint density at radius 1 is 1.17 bits per heavy atom. The van der Waals surface area contributed by atoms with Crippen LogP contribution in [0.15, 0.2) is 12.2 Å². The predicted molar refractivity (Wildman–Crippen MR) is 84.1 cm³/mol. The van der Waals surface area contributed by atoms with Gasteiger partial charge in [-0.3, -0.25) is 19.3 Å². The van der Waals surface area contributed by atoms with E-state index in [-0.39, 0.29) is 32.0 Å². The molecule has 3 amide bonds. The molecule has 130 valence electrons. The molecule has 7 heteroatoms. The molecule has 23 heavy (non-hydrogen) atoms. The Bertz CT molecular complexity index is 493. The van der Waals surface area contributed by atoms with Gasteiger partial charge in [-0.25, -0.2) is 0 Å². The molecule has 7 nitrogen and oxygen atoms in total. The number of imide groups is 1. The molecular formula is C16H26N2O5. The van der Waals surface area contributed by atoms with Crippen molar-refractivity contribution in [3.05, 3.63) is 12.2 Å². The predicted octanol–water partition coefficient (Wildman–Crippen LogP) is -0.177. The summed E-state index contributed by atoms with van der Waals surface area (Å²) in [5.41, 5.74) is -1.32. The van der Waals surface area contributed by atoms with Gasteiger partial charge in [0.15, 0.2) is 0 Å². The topological polar surface area (TPSA) is 107 Å². The van der Waals surface area contributed by atoms with Gasteiger partial charge in [-0.05, 0) is 0 Å². The summed E-state index contributed by atoms with van der Waals surface area (Å²) >= 11 is 0. The van der Waals surface area contributed by atoms with E-state index in [0.717, 1.165) is 4.90 Å². The van der Waals surface area contributed by atoms with Crippen molar-refractivity contribution in [1.29, 1.82) is 0 Å². The molecule has 0 spiro atoms. The van der Waals surface area contributed by atoms with Crippen LogP contribution in [-0.4, -0.2) is 58.6 Å². The van der Waals surface area contributed by atoms with Gasteiger partial charge in [0.1, 0.15) is 0 Å². The zero-order valence-electron chi connectivity index (χ0n) is 14.1. The summed E-state index contributed by atoms with van der Waals surface area (Å²) < 4.78 is 0. The quantitative estimate of drug-likeness (QED) is 0.537. The molecule has 0 aromatic rings. The normalized spacial score (nSPS) is 16.9. The Morgan fingerprint density at radius 2 is 1.70 bits per heavy atom. The number of aliphatic hydroxyl groups is 2. The first-order valence-corrected chi connectivity index (χ1v) is 7.60. The molecule has 1 heterocycles. The number of hydrogen-bond donors (Lipinski definition) is 3. The molecule has 1 aliphatic heterocycles. The summed E-state index contributed by atoms with van der Waals surface area (Å²) in [5, 5.41) is 22.4. The highest BCUT2D eigenvalue weighted by Crippen LogP contribution is 2.33. The molecule has 0 aromatic heterocycles. The molecule has 1 atom stereocenters. The lowest BCUT2D eigenvalue weighted by Crippen LogP contribution is -2.49. The minimum atomic E-state index is -0.814. The molecule has 0 saturated heterocycles. The van der Waals surface area contributed by atoms with Gasteiger partial charge < -0.3 is 15.5 Å². The minimum absolute atomic E-state index is 0.00866. The highest BCUT2D eigenvalue weighted by atomic mass is 16.3. The molecule has 1 rings (SSSR count). The Balaban J connectivity index is 2.46. The molecule has 0 fully saturated rings. The van der Waals surface area contributed by atoms with Crippen LogP contribution in [0, 0.1) is 10.8 Å².